The molecule has 0 spiro atoms. The number of nitrogens with zero attached hydrogens (tertiary/aromatic N) is 3. The Morgan fingerprint density at radius 3 is 2.81 bits per heavy atom. The van der Waals surface area contributed by atoms with E-state index in [9.17, 15) is 4.79 Å². The summed E-state index contributed by atoms with van der Waals surface area (Å²) in [5.41, 5.74) is 3.19. The molecule has 1 aromatic heterocycles. The number of allylic oxidation sites excluding steroid dienone is 2. The van der Waals surface area contributed by atoms with Gasteiger partial charge in [0.2, 0.25) is 0 Å². The molecule has 2 aromatic rings. The number of aromatic nitrogens is 2. The third-order valence-corrected chi connectivity index (χ3v) is 5.66. The second kappa shape index (κ2) is 6.24. The Bertz CT molecular complexity index is 872. The molecule has 26 heavy (non-hydrogen) atoms. The van der Waals surface area contributed by atoms with Crippen LogP contribution in [0.3, 0.4) is 0 Å². The van der Waals surface area contributed by atoms with E-state index in [0.29, 0.717) is 36.8 Å². The highest BCUT2D eigenvalue weighted by atomic mass is 16.5. The number of hydrogen-bond donors (Lipinski definition) is 0. The number of carbonyl (C=O) groups excluding carboxylic acids is 1. The summed E-state index contributed by atoms with van der Waals surface area (Å²) in [5.74, 6) is 2.89. The van der Waals surface area contributed by atoms with Crippen LogP contribution in [0.1, 0.15) is 41.0 Å². The van der Waals surface area contributed by atoms with Crippen molar-refractivity contribution in [3.8, 4) is 5.75 Å². The zero-order valence-electron chi connectivity index (χ0n) is 14.6. The van der Waals surface area contributed by atoms with Crippen LogP contribution in [0.15, 0.2) is 42.7 Å². The average molecular weight is 347 g/mol. The van der Waals surface area contributed by atoms with Crippen LogP contribution in [-0.2, 0) is 6.54 Å². The maximum atomic E-state index is 13.1. The summed E-state index contributed by atoms with van der Waals surface area (Å²) >= 11 is 0. The number of ether oxygens (including phenoxy) is 1. The first-order chi connectivity index (χ1) is 12.8. The highest BCUT2D eigenvalue weighted by Crippen LogP contribution is 2.47. The number of rotatable bonds is 3. The number of fused-ring (bicyclic) bond motifs is 2. The van der Waals surface area contributed by atoms with Crippen molar-refractivity contribution in [3.63, 3.8) is 0 Å². The standard InChI is InChI=1S/C21H21N3O2/c25-21-18-12-16(17-10-14-8-15(9-14)11-17)2-3-19(18)26-7-6-24(21)13-20-22-4-1-5-23-20/h1-5,10,12,14-15H,6-9,11,13H2. The zero-order chi connectivity index (χ0) is 17.5. The molecule has 132 valence electrons. The minimum atomic E-state index is -0.00614. The van der Waals surface area contributed by atoms with E-state index in [0.717, 1.165) is 23.8 Å². The summed E-state index contributed by atoms with van der Waals surface area (Å²) in [6.07, 6.45) is 9.61. The van der Waals surface area contributed by atoms with Gasteiger partial charge in [-0.3, -0.25) is 4.79 Å². The first-order valence-electron chi connectivity index (χ1n) is 9.29. The number of benzene rings is 1. The van der Waals surface area contributed by atoms with Crippen LogP contribution in [0.25, 0.3) is 5.57 Å². The zero-order valence-corrected chi connectivity index (χ0v) is 14.6. The van der Waals surface area contributed by atoms with E-state index in [4.69, 9.17) is 4.74 Å². The molecule has 1 aliphatic heterocycles. The fraction of sp³-hybridized carbons (Fsp3) is 0.381. The smallest absolute Gasteiger partial charge is 0.258 e. The van der Waals surface area contributed by atoms with E-state index in [-0.39, 0.29) is 5.91 Å². The summed E-state index contributed by atoms with van der Waals surface area (Å²) in [7, 11) is 0. The van der Waals surface area contributed by atoms with Crippen LogP contribution in [-0.4, -0.2) is 33.9 Å². The lowest BCUT2D eigenvalue weighted by Crippen LogP contribution is -2.32. The van der Waals surface area contributed by atoms with Crippen molar-refractivity contribution in [3.05, 3.63) is 59.7 Å². The first kappa shape index (κ1) is 15.6. The summed E-state index contributed by atoms with van der Waals surface area (Å²) in [6.45, 7) is 1.42. The van der Waals surface area contributed by atoms with Gasteiger partial charge in [-0.1, -0.05) is 12.1 Å². The molecule has 3 aliphatic carbocycles. The maximum Gasteiger partial charge on any atom is 0.258 e. The Balaban J connectivity index is 1.45. The van der Waals surface area contributed by atoms with Crippen LogP contribution in [0.4, 0.5) is 0 Å². The maximum absolute atomic E-state index is 13.1. The fourth-order valence-electron chi connectivity index (χ4n) is 4.26. The van der Waals surface area contributed by atoms with E-state index in [2.05, 4.69) is 22.1 Å². The van der Waals surface area contributed by atoms with Gasteiger partial charge in [0.15, 0.2) is 0 Å². The van der Waals surface area contributed by atoms with E-state index in [1.54, 1.807) is 23.4 Å². The van der Waals surface area contributed by atoms with Crippen LogP contribution >= 0.6 is 0 Å². The van der Waals surface area contributed by atoms with Crippen molar-refractivity contribution in [1.29, 1.82) is 0 Å². The highest BCUT2D eigenvalue weighted by Gasteiger charge is 2.33. The van der Waals surface area contributed by atoms with E-state index in [1.165, 1.54) is 18.4 Å². The third-order valence-electron chi connectivity index (χ3n) is 5.66. The van der Waals surface area contributed by atoms with Gasteiger partial charge in [-0.05, 0) is 60.4 Å². The molecular weight excluding hydrogens is 326 g/mol. The summed E-state index contributed by atoms with van der Waals surface area (Å²) in [5, 5.41) is 0. The van der Waals surface area contributed by atoms with Crippen LogP contribution in [0, 0.1) is 11.8 Å². The molecule has 5 heteroatoms. The molecule has 0 atom stereocenters. The van der Waals surface area contributed by atoms with E-state index in [1.807, 2.05) is 12.1 Å². The molecule has 0 unspecified atom stereocenters. The Hall–Kier alpha value is -2.69. The molecule has 0 N–H and O–H groups in total. The van der Waals surface area contributed by atoms with Crippen molar-refractivity contribution in [2.75, 3.05) is 13.2 Å². The summed E-state index contributed by atoms with van der Waals surface area (Å²) < 4.78 is 5.84. The van der Waals surface area contributed by atoms with E-state index < -0.39 is 0 Å². The van der Waals surface area contributed by atoms with Gasteiger partial charge in [0.25, 0.3) is 5.91 Å². The molecule has 1 amide bonds. The Morgan fingerprint density at radius 2 is 2.04 bits per heavy atom. The number of hydrogen-bond acceptors (Lipinski definition) is 4. The van der Waals surface area contributed by atoms with Crippen LogP contribution < -0.4 is 4.74 Å². The second-order valence-corrected chi connectivity index (χ2v) is 7.44. The van der Waals surface area contributed by atoms with Crippen LogP contribution in [0.2, 0.25) is 0 Å². The van der Waals surface area contributed by atoms with Crippen molar-refractivity contribution in [2.24, 2.45) is 11.8 Å². The average Bonchev–Trinajstić information content (AvgIpc) is 2.81. The molecule has 2 bridgehead atoms. The number of carbonyl (C=O) groups is 1. The normalized spacial score (nSPS) is 24.1. The molecule has 4 aliphatic rings. The lowest BCUT2D eigenvalue weighted by molar-refractivity contribution is 0.0738. The van der Waals surface area contributed by atoms with Crippen molar-refractivity contribution in [1.82, 2.24) is 14.9 Å². The van der Waals surface area contributed by atoms with E-state index >= 15 is 0 Å². The van der Waals surface area contributed by atoms with Crippen molar-refractivity contribution < 1.29 is 9.53 Å². The van der Waals surface area contributed by atoms with Gasteiger partial charge >= 0.3 is 0 Å². The molecule has 1 aromatic carbocycles. The topological polar surface area (TPSA) is 55.3 Å². The molecular formula is C21H21N3O2. The lowest BCUT2D eigenvalue weighted by atomic mass is 9.66. The second-order valence-electron chi connectivity index (χ2n) is 7.44. The van der Waals surface area contributed by atoms with Gasteiger partial charge in [0.1, 0.15) is 18.2 Å². The Kier molecular flexibility index (Phi) is 3.73. The van der Waals surface area contributed by atoms with Crippen LogP contribution in [0.5, 0.6) is 5.75 Å². The molecule has 1 fully saturated rings. The molecule has 6 rings (SSSR count). The molecule has 0 radical (unpaired) electrons. The van der Waals surface area contributed by atoms with Gasteiger partial charge in [-0.2, -0.15) is 0 Å². The molecule has 0 saturated heterocycles. The van der Waals surface area contributed by atoms with Crippen molar-refractivity contribution >= 4 is 11.5 Å². The fourth-order valence-corrected chi connectivity index (χ4v) is 4.26. The third kappa shape index (κ3) is 2.77. The monoisotopic (exact) mass is 347 g/mol. The predicted molar refractivity (Wildman–Crippen MR) is 97.5 cm³/mol. The molecule has 5 nitrogen and oxygen atoms in total. The van der Waals surface area contributed by atoms with Gasteiger partial charge in [-0.15, -0.1) is 0 Å². The highest BCUT2D eigenvalue weighted by molar-refractivity contribution is 5.98. The minimum Gasteiger partial charge on any atom is -0.491 e. The van der Waals surface area contributed by atoms with Gasteiger partial charge in [-0.25, -0.2) is 9.97 Å². The SMILES string of the molecule is O=C1c2cc(C3=CC4CC(C3)C4)ccc2OCCN1Cc1ncccn1. The predicted octanol–water partition coefficient (Wildman–Crippen LogP) is 3.32. The van der Waals surface area contributed by atoms with Crippen molar-refractivity contribution in [2.45, 2.75) is 25.8 Å². The van der Waals surface area contributed by atoms with Gasteiger partial charge in [0.05, 0.1) is 18.7 Å². The number of amides is 1. The van der Waals surface area contributed by atoms with Gasteiger partial charge in [0, 0.05) is 12.4 Å². The van der Waals surface area contributed by atoms with Gasteiger partial charge < -0.3 is 9.64 Å². The quantitative estimate of drug-likeness (QED) is 0.855. The largest absolute Gasteiger partial charge is 0.491 e. The molecule has 1 saturated carbocycles. The summed E-state index contributed by atoms with van der Waals surface area (Å²) in [4.78, 5) is 23.4. The molecule has 2 heterocycles. The Morgan fingerprint density at radius 1 is 1.19 bits per heavy atom. The summed E-state index contributed by atoms with van der Waals surface area (Å²) in [6, 6.07) is 7.84. The Labute approximate surface area is 152 Å². The minimum absolute atomic E-state index is 0.00614. The first-order valence-corrected chi connectivity index (χ1v) is 9.29. The lowest BCUT2D eigenvalue weighted by Gasteiger charge is -2.39.